The second-order valence-electron chi connectivity index (χ2n) is 2.63. The highest BCUT2D eigenvalue weighted by Gasteiger charge is 1.98. The van der Waals surface area contributed by atoms with Gasteiger partial charge in [0.15, 0.2) is 0 Å². The van der Waals surface area contributed by atoms with Crippen molar-refractivity contribution in [3.63, 3.8) is 0 Å². The van der Waals surface area contributed by atoms with Crippen LogP contribution in [0.25, 0.3) is 0 Å². The van der Waals surface area contributed by atoms with Gasteiger partial charge in [0, 0.05) is 13.0 Å². The summed E-state index contributed by atoms with van der Waals surface area (Å²) in [7, 11) is 0. The van der Waals surface area contributed by atoms with Crippen molar-refractivity contribution in [1.82, 2.24) is 5.32 Å². The molecule has 64 valence electrons. The zero-order chi connectivity index (χ0) is 8.81. The van der Waals surface area contributed by atoms with Gasteiger partial charge in [-0.15, -0.1) is 0 Å². The van der Waals surface area contributed by atoms with Crippen molar-refractivity contribution in [2.45, 2.75) is 19.4 Å². The molecule has 1 heterocycles. The van der Waals surface area contributed by atoms with Crippen molar-refractivity contribution in [2.75, 3.05) is 6.54 Å². The van der Waals surface area contributed by atoms with Gasteiger partial charge in [-0.05, 0) is 19.1 Å². The summed E-state index contributed by atoms with van der Waals surface area (Å²) in [6.07, 6.45) is 2.49. The van der Waals surface area contributed by atoms with E-state index in [1.54, 1.807) is 6.26 Å². The Kier molecular flexibility index (Phi) is 3.36. The number of furan rings is 1. The maximum Gasteiger partial charge on any atom is 0.105 e. The van der Waals surface area contributed by atoms with Gasteiger partial charge in [-0.3, -0.25) is 0 Å². The van der Waals surface area contributed by atoms with Gasteiger partial charge in [-0.1, -0.05) is 0 Å². The van der Waals surface area contributed by atoms with E-state index in [4.69, 9.17) is 9.68 Å². The minimum absolute atomic E-state index is 0.0834. The van der Waals surface area contributed by atoms with E-state index >= 15 is 0 Å². The van der Waals surface area contributed by atoms with E-state index in [1.165, 1.54) is 0 Å². The molecule has 3 heteroatoms. The van der Waals surface area contributed by atoms with E-state index < -0.39 is 0 Å². The standard InChI is InChI=1S/C9H12N2O/c1-8(7-10)11-5-4-9-3-2-6-12-9/h2-3,6,8,11H,4-5H2,1H3. The fourth-order valence-corrected chi connectivity index (χ4v) is 0.912. The summed E-state index contributed by atoms with van der Waals surface area (Å²) < 4.78 is 5.13. The Morgan fingerprint density at radius 1 is 1.75 bits per heavy atom. The summed E-state index contributed by atoms with van der Waals surface area (Å²) in [5.41, 5.74) is 0. The number of nitrogens with one attached hydrogen (secondary N) is 1. The Bertz CT molecular complexity index is 248. The van der Waals surface area contributed by atoms with Crippen LogP contribution in [0.1, 0.15) is 12.7 Å². The molecule has 0 spiro atoms. The van der Waals surface area contributed by atoms with Crippen LogP contribution < -0.4 is 5.32 Å². The van der Waals surface area contributed by atoms with Gasteiger partial charge in [0.25, 0.3) is 0 Å². The summed E-state index contributed by atoms with van der Waals surface area (Å²) in [4.78, 5) is 0. The highest BCUT2D eigenvalue weighted by Crippen LogP contribution is 1.99. The Morgan fingerprint density at radius 3 is 3.17 bits per heavy atom. The van der Waals surface area contributed by atoms with Gasteiger partial charge in [0.1, 0.15) is 5.76 Å². The van der Waals surface area contributed by atoms with Gasteiger partial charge in [-0.25, -0.2) is 0 Å². The van der Waals surface area contributed by atoms with Gasteiger partial charge < -0.3 is 9.73 Å². The van der Waals surface area contributed by atoms with E-state index in [0.717, 1.165) is 18.7 Å². The van der Waals surface area contributed by atoms with Crippen molar-refractivity contribution in [3.05, 3.63) is 24.2 Å². The number of rotatable bonds is 4. The average molecular weight is 164 g/mol. The highest BCUT2D eigenvalue weighted by molar-refractivity contribution is 4.98. The van der Waals surface area contributed by atoms with E-state index in [2.05, 4.69) is 11.4 Å². The average Bonchev–Trinajstić information content (AvgIpc) is 2.57. The molecule has 3 nitrogen and oxygen atoms in total. The Labute approximate surface area is 72.0 Å². The lowest BCUT2D eigenvalue weighted by Gasteiger charge is -2.03. The molecule has 1 unspecified atom stereocenters. The molecule has 0 fully saturated rings. The molecule has 0 aliphatic heterocycles. The smallest absolute Gasteiger partial charge is 0.105 e. The lowest BCUT2D eigenvalue weighted by molar-refractivity contribution is 0.495. The van der Waals surface area contributed by atoms with Crippen LogP contribution >= 0.6 is 0 Å². The van der Waals surface area contributed by atoms with Gasteiger partial charge >= 0.3 is 0 Å². The molecule has 1 aromatic heterocycles. The van der Waals surface area contributed by atoms with Crippen LogP contribution in [0.4, 0.5) is 0 Å². The molecule has 0 saturated heterocycles. The van der Waals surface area contributed by atoms with Crippen LogP contribution in [0.3, 0.4) is 0 Å². The molecular formula is C9H12N2O. The molecule has 0 radical (unpaired) electrons. The van der Waals surface area contributed by atoms with Crippen LogP contribution in [-0.4, -0.2) is 12.6 Å². The van der Waals surface area contributed by atoms with Gasteiger partial charge in [-0.2, -0.15) is 5.26 Å². The highest BCUT2D eigenvalue weighted by atomic mass is 16.3. The third-order valence-corrected chi connectivity index (χ3v) is 1.60. The molecule has 1 rings (SSSR count). The second-order valence-corrected chi connectivity index (χ2v) is 2.63. The fourth-order valence-electron chi connectivity index (χ4n) is 0.912. The SMILES string of the molecule is CC(C#N)NCCc1ccco1. The van der Waals surface area contributed by atoms with E-state index in [9.17, 15) is 0 Å². The van der Waals surface area contributed by atoms with Crippen LogP contribution in [0.15, 0.2) is 22.8 Å². The molecule has 0 saturated carbocycles. The maximum atomic E-state index is 8.46. The van der Waals surface area contributed by atoms with Crippen molar-refractivity contribution >= 4 is 0 Å². The fraction of sp³-hybridized carbons (Fsp3) is 0.444. The quantitative estimate of drug-likeness (QED) is 0.730. The van der Waals surface area contributed by atoms with Crippen LogP contribution in [0.2, 0.25) is 0 Å². The molecule has 0 aromatic carbocycles. The van der Waals surface area contributed by atoms with Gasteiger partial charge in [0.2, 0.25) is 0 Å². The maximum absolute atomic E-state index is 8.46. The van der Waals surface area contributed by atoms with E-state index in [-0.39, 0.29) is 6.04 Å². The lowest BCUT2D eigenvalue weighted by atomic mass is 10.3. The minimum atomic E-state index is -0.0834. The monoisotopic (exact) mass is 164 g/mol. The molecule has 1 aromatic rings. The van der Waals surface area contributed by atoms with Gasteiger partial charge in [0.05, 0.1) is 18.4 Å². The summed E-state index contributed by atoms with van der Waals surface area (Å²) in [6, 6.07) is 5.81. The number of hydrogen-bond donors (Lipinski definition) is 1. The first-order valence-corrected chi connectivity index (χ1v) is 3.98. The molecule has 0 aliphatic rings. The predicted molar refractivity (Wildman–Crippen MR) is 45.5 cm³/mol. The van der Waals surface area contributed by atoms with Crippen molar-refractivity contribution in [3.8, 4) is 6.07 Å². The zero-order valence-corrected chi connectivity index (χ0v) is 7.08. The van der Waals surface area contributed by atoms with E-state index in [1.807, 2.05) is 19.1 Å². The largest absolute Gasteiger partial charge is 0.469 e. The third kappa shape index (κ3) is 2.77. The Balaban J connectivity index is 2.16. The van der Waals surface area contributed by atoms with Crippen LogP contribution in [0.5, 0.6) is 0 Å². The third-order valence-electron chi connectivity index (χ3n) is 1.60. The van der Waals surface area contributed by atoms with Crippen LogP contribution in [-0.2, 0) is 6.42 Å². The molecule has 0 aliphatic carbocycles. The summed E-state index contributed by atoms with van der Waals surface area (Å²) in [5.74, 6) is 0.952. The van der Waals surface area contributed by atoms with Crippen molar-refractivity contribution in [2.24, 2.45) is 0 Å². The van der Waals surface area contributed by atoms with E-state index in [0.29, 0.717) is 0 Å². The Morgan fingerprint density at radius 2 is 2.58 bits per heavy atom. The second kappa shape index (κ2) is 4.58. The molecule has 12 heavy (non-hydrogen) atoms. The molecular weight excluding hydrogens is 152 g/mol. The minimum Gasteiger partial charge on any atom is -0.469 e. The molecule has 1 atom stereocenters. The zero-order valence-electron chi connectivity index (χ0n) is 7.08. The predicted octanol–water partition coefficient (Wildman–Crippen LogP) is 1.32. The molecule has 0 amide bonds. The first-order valence-electron chi connectivity index (χ1n) is 3.98. The normalized spacial score (nSPS) is 12.3. The lowest BCUT2D eigenvalue weighted by Crippen LogP contribution is -2.26. The van der Waals surface area contributed by atoms with Crippen molar-refractivity contribution < 1.29 is 4.42 Å². The first kappa shape index (κ1) is 8.82. The first-order chi connectivity index (χ1) is 5.83. The summed E-state index contributed by atoms with van der Waals surface area (Å²) in [5, 5.41) is 11.5. The number of nitrogens with zero attached hydrogens (tertiary/aromatic N) is 1. The summed E-state index contributed by atoms with van der Waals surface area (Å²) >= 11 is 0. The van der Waals surface area contributed by atoms with Crippen LogP contribution in [0, 0.1) is 11.3 Å². The molecule has 0 bridgehead atoms. The van der Waals surface area contributed by atoms with Crippen molar-refractivity contribution in [1.29, 1.82) is 5.26 Å². The Hall–Kier alpha value is -1.27. The number of nitriles is 1. The molecule has 1 N–H and O–H groups in total. The topological polar surface area (TPSA) is 49.0 Å². The summed E-state index contributed by atoms with van der Waals surface area (Å²) in [6.45, 7) is 2.62. The number of hydrogen-bond acceptors (Lipinski definition) is 3.